The van der Waals surface area contributed by atoms with Crippen molar-refractivity contribution in [2.24, 2.45) is 0 Å². The van der Waals surface area contributed by atoms with Crippen LogP contribution in [0.3, 0.4) is 0 Å². The molecule has 4 nitrogen and oxygen atoms in total. The maximum Gasteiger partial charge on any atom is 0.308 e. The lowest BCUT2D eigenvalue weighted by atomic mass is 10.1. The highest BCUT2D eigenvalue weighted by Gasteiger charge is 2.11. The zero-order valence-electron chi connectivity index (χ0n) is 10.9. The minimum atomic E-state index is -1.02. The van der Waals surface area contributed by atoms with Crippen LogP contribution in [0.2, 0.25) is 0 Å². The van der Waals surface area contributed by atoms with E-state index < -0.39 is 12.3 Å². The molecule has 0 rings (SSSR count). The summed E-state index contributed by atoms with van der Waals surface area (Å²) in [5.41, 5.74) is 0. The second kappa shape index (κ2) is 10.3. The molecule has 0 spiro atoms. The largest absolute Gasteiger partial charge is 0.436 e. The number of unbranched alkanes of at least 4 members (excludes halogenated alkanes) is 4. The van der Waals surface area contributed by atoms with Crippen LogP contribution in [0.1, 0.15) is 65.2 Å². The van der Waals surface area contributed by atoms with Crippen molar-refractivity contribution in [3.8, 4) is 0 Å². The Morgan fingerprint density at radius 1 is 1.12 bits per heavy atom. The molecule has 17 heavy (non-hydrogen) atoms. The molecule has 0 heterocycles. The van der Waals surface area contributed by atoms with Gasteiger partial charge in [-0.25, -0.2) is 0 Å². The highest BCUT2D eigenvalue weighted by atomic mass is 16.6. The minimum absolute atomic E-state index is 0.0454. The van der Waals surface area contributed by atoms with Crippen LogP contribution in [0, 0.1) is 0 Å². The summed E-state index contributed by atoms with van der Waals surface area (Å²) in [5, 5.41) is 9.41. The number of carbonyl (C=O) groups is 2. The highest BCUT2D eigenvalue weighted by Crippen LogP contribution is 2.08. The maximum absolute atomic E-state index is 11.2. The van der Waals surface area contributed by atoms with E-state index in [4.69, 9.17) is 4.74 Å². The maximum atomic E-state index is 11.2. The number of rotatable bonds is 10. The van der Waals surface area contributed by atoms with E-state index >= 15 is 0 Å². The number of ether oxygens (including phenoxy) is 1. The summed E-state index contributed by atoms with van der Waals surface area (Å²) >= 11 is 0. The third kappa shape index (κ3) is 11.4. The summed E-state index contributed by atoms with van der Waals surface area (Å²) in [4.78, 5) is 21.8. The topological polar surface area (TPSA) is 63.6 Å². The van der Waals surface area contributed by atoms with Crippen molar-refractivity contribution in [2.75, 3.05) is 0 Å². The van der Waals surface area contributed by atoms with Crippen LogP contribution in [-0.4, -0.2) is 23.1 Å². The molecule has 0 aromatic carbocycles. The zero-order chi connectivity index (χ0) is 13.1. The number of hydrogen-bond donors (Lipinski definition) is 1. The summed E-state index contributed by atoms with van der Waals surface area (Å²) in [6.45, 7) is 3.57. The van der Waals surface area contributed by atoms with Gasteiger partial charge in [0.15, 0.2) is 0 Å². The van der Waals surface area contributed by atoms with Crippen LogP contribution in [0.15, 0.2) is 0 Å². The van der Waals surface area contributed by atoms with Gasteiger partial charge >= 0.3 is 5.97 Å². The minimum Gasteiger partial charge on any atom is -0.436 e. The molecule has 100 valence electrons. The molecule has 4 heteroatoms. The Labute approximate surface area is 103 Å². The SMILES string of the molecule is CCCCCCCC(O)OC(=O)CCC(C)=O. The summed E-state index contributed by atoms with van der Waals surface area (Å²) < 4.78 is 4.77. The fourth-order valence-electron chi connectivity index (χ4n) is 1.47. The number of Topliss-reactive ketones (excluding diaryl/α,β-unsaturated/α-hetero) is 1. The van der Waals surface area contributed by atoms with Crippen molar-refractivity contribution < 1.29 is 19.4 Å². The van der Waals surface area contributed by atoms with Crippen LogP contribution >= 0.6 is 0 Å². The quantitative estimate of drug-likeness (QED) is 0.364. The normalized spacial score (nSPS) is 12.2. The van der Waals surface area contributed by atoms with Crippen molar-refractivity contribution in [1.82, 2.24) is 0 Å². The van der Waals surface area contributed by atoms with Crippen LogP contribution < -0.4 is 0 Å². The van der Waals surface area contributed by atoms with Gasteiger partial charge in [0.1, 0.15) is 5.78 Å². The standard InChI is InChI=1S/C13H24O4/c1-3-4-5-6-7-8-12(15)17-13(16)10-9-11(2)14/h12,15H,3-10H2,1-2H3. The van der Waals surface area contributed by atoms with Gasteiger partial charge in [0.25, 0.3) is 0 Å². The predicted molar refractivity (Wildman–Crippen MR) is 65.4 cm³/mol. The molecular weight excluding hydrogens is 220 g/mol. The van der Waals surface area contributed by atoms with Crippen molar-refractivity contribution in [1.29, 1.82) is 0 Å². The molecule has 0 aromatic rings. The van der Waals surface area contributed by atoms with E-state index in [9.17, 15) is 14.7 Å². The molecule has 0 radical (unpaired) electrons. The van der Waals surface area contributed by atoms with Gasteiger partial charge in [0, 0.05) is 12.8 Å². The molecule has 0 aliphatic heterocycles. The van der Waals surface area contributed by atoms with Crippen molar-refractivity contribution in [3.05, 3.63) is 0 Å². The van der Waals surface area contributed by atoms with E-state index in [0.717, 1.165) is 19.3 Å². The van der Waals surface area contributed by atoms with Gasteiger partial charge < -0.3 is 14.6 Å². The summed E-state index contributed by atoms with van der Waals surface area (Å²) in [7, 11) is 0. The third-order valence-corrected chi connectivity index (χ3v) is 2.50. The molecule has 0 saturated carbocycles. The van der Waals surface area contributed by atoms with Crippen LogP contribution in [0.4, 0.5) is 0 Å². The van der Waals surface area contributed by atoms with Gasteiger partial charge in [-0.2, -0.15) is 0 Å². The molecule has 1 N–H and O–H groups in total. The molecule has 0 aliphatic rings. The smallest absolute Gasteiger partial charge is 0.308 e. The Kier molecular flexibility index (Phi) is 9.72. The first-order valence-corrected chi connectivity index (χ1v) is 6.43. The molecule has 0 bridgehead atoms. The van der Waals surface area contributed by atoms with Gasteiger partial charge in [-0.15, -0.1) is 0 Å². The fourth-order valence-corrected chi connectivity index (χ4v) is 1.47. The van der Waals surface area contributed by atoms with Crippen molar-refractivity contribution in [2.45, 2.75) is 71.5 Å². The number of aliphatic hydroxyl groups is 1. The van der Waals surface area contributed by atoms with E-state index in [1.807, 2.05) is 0 Å². The first-order valence-electron chi connectivity index (χ1n) is 6.43. The van der Waals surface area contributed by atoms with Gasteiger partial charge in [-0.05, 0) is 13.3 Å². The predicted octanol–water partition coefficient (Wildman–Crippen LogP) is 2.58. The Bertz CT molecular complexity index is 225. The van der Waals surface area contributed by atoms with E-state index in [-0.39, 0.29) is 18.6 Å². The van der Waals surface area contributed by atoms with Crippen LogP contribution in [0.25, 0.3) is 0 Å². The van der Waals surface area contributed by atoms with Gasteiger partial charge in [-0.1, -0.05) is 32.6 Å². The number of esters is 1. The number of carbonyl (C=O) groups excluding carboxylic acids is 2. The van der Waals surface area contributed by atoms with E-state index in [2.05, 4.69) is 6.92 Å². The summed E-state index contributed by atoms with van der Waals surface area (Å²) in [5.74, 6) is -0.544. The van der Waals surface area contributed by atoms with Gasteiger partial charge in [-0.3, -0.25) is 4.79 Å². The molecule has 0 aliphatic carbocycles. The van der Waals surface area contributed by atoms with Crippen molar-refractivity contribution >= 4 is 11.8 Å². The van der Waals surface area contributed by atoms with Gasteiger partial charge in [0.05, 0.1) is 6.42 Å². The van der Waals surface area contributed by atoms with Crippen LogP contribution in [-0.2, 0) is 14.3 Å². The average molecular weight is 244 g/mol. The Balaban J connectivity index is 3.47. The second-order valence-electron chi connectivity index (χ2n) is 4.35. The zero-order valence-corrected chi connectivity index (χ0v) is 10.9. The average Bonchev–Trinajstić information content (AvgIpc) is 2.26. The Hall–Kier alpha value is -0.900. The van der Waals surface area contributed by atoms with Crippen LogP contribution in [0.5, 0.6) is 0 Å². The van der Waals surface area contributed by atoms with E-state index in [0.29, 0.717) is 6.42 Å². The lowest BCUT2D eigenvalue weighted by molar-refractivity contribution is -0.169. The third-order valence-electron chi connectivity index (χ3n) is 2.50. The highest BCUT2D eigenvalue weighted by molar-refractivity contribution is 5.80. The monoisotopic (exact) mass is 244 g/mol. The lowest BCUT2D eigenvalue weighted by Gasteiger charge is -2.11. The first kappa shape index (κ1) is 16.1. The van der Waals surface area contributed by atoms with Gasteiger partial charge in [0.2, 0.25) is 6.29 Å². The number of aliphatic hydroxyl groups excluding tert-OH is 1. The number of ketones is 1. The Morgan fingerprint density at radius 2 is 1.76 bits per heavy atom. The fraction of sp³-hybridized carbons (Fsp3) is 0.846. The lowest BCUT2D eigenvalue weighted by Crippen LogP contribution is -2.17. The van der Waals surface area contributed by atoms with Crippen molar-refractivity contribution in [3.63, 3.8) is 0 Å². The molecule has 0 amide bonds. The number of hydrogen-bond acceptors (Lipinski definition) is 4. The molecular formula is C13H24O4. The van der Waals surface area contributed by atoms with E-state index in [1.54, 1.807) is 0 Å². The van der Waals surface area contributed by atoms with E-state index in [1.165, 1.54) is 19.8 Å². The molecule has 1 atom stereocenters. The first-order chi connectivity index (χ1) is 8.06. The molecule has 1 unspecified atom stereocenters. The second-order valence-corrected chi connectivity index (χ2v) is 4.35. The Morgan fingerprint density at radius 3 is 2.35 bits per heavy atom. The summed E-state index contributed by atoms with van der Waals surface area (Å²) in [6, 6.07) is 0. The molecule has 0 saturated heterocycles. The molecule has 0 fully saturated rings. The molecule has 0 aromatic heterocycles. The summed E-state index contributed by atoms with van der Waals surface area (Å²) in [6.07, 6.45) is 5.16.